The van der Waals surface area contributed by atoms with E-state index in [0.717, 1.165) is 5.57 Å². The van der Waals surface area contributed by atoms with Gasteiger partial charge in [-0.1, -0.05) is 37.3 Å². The van der Waals surface area contributed by atoms with Crippen molar-refractivity contribution in [2.45, 2.75) is 63.1 Å². The van der Waals surface area contributed by atoms with Crippen molar-refractivity contribution in [2.24, 2.45) is 11.3 Å². The van der Waals surface area contributed by atoms with E-state index in [4.69, 9.17) is 0 Å². The van der Waals surface area contributed by atoms with Crippen LogP contribution in [0.2, 0.25) is 0 Å². The molecule has 2 saturated heterocycles. The topological polar surface area (TPSA) is 98.7 Å². The van der Waals surface area contributed by atoms with E-state index in [0.29, 0.717) is 19.4 Å². The number of halogens is 2. The second-order valence-corrected chi connectivity index (χ2v) is 9.59. The normalized spacial score (nSPS) is 35.7. The maximum absolute atomic E-state index is 14.8. The van der Waals surface area contributed by atoms with Gasteiger partial charge in [-0.05, 0) is 31.8 Å². The summed E-state index contributed by atoms with van der Waals surface area (Å²) in [4.78, 5) is 38.2. The Morgan fingerprint density at radius 3 is 2.78 bits per heavy atom. The van der Waals surface area contributed by atoms with Crippen LogP contribution in [0, 0.1) is 11.3 Å². The lowest BCUT2D eigenvalue weighted by Gasteiger charge is -2.36. The summed E-state index contributed by atoms with van der Waals surface area (Å²) in [6.07, 6.45) is 9.08. The number of piperidine rings is 1. The summed E-state index contributed by atoms with van der Waals surface area (Å²) in [5.74, 6) is -4.74. The number of nitrogens with one attached hydrogen (secondary N) is 2. The maximum Gasteiger partial charge on any atom is 0.294 e. The number of rotatable bonds is 6. The Labute approximate surface area is 185 Å². The molecule has 0 aromatic rings. The van der Waals surface area contributed by atoms with Crippen LogP contribution in [0.1, 0.15) is 39.5 Å². The molecule has 3 N–H and O–H groups in total. The number of amides is 3. The van der Waals surface area contributed by atoms with Crippen molar-refractivity contribution in [1.29, 1.82) is 0 Å². The van der Waals surface area contributed by atoms with Gasteiger partial charge in [0.05, 0.1) is 12.0 Å². The van der Waals surface area contributed by atoms with Gasteiger partial charge in [-0.15, -0.1) is 0 Å². The fourth-order valence-corrected chi connectivity index (χ4v) is 5.20. The smallest absolute Gasteiger partial charge is 0.294 e. The van der Waals surface area contributed by atoms with Crippen LogP contribution in [0.25, 0.3) is 0 Å². The molecule has 0 saturated carbocycles. The molecule has 3 amide bonds. The second kappa shape index (κ2) is 7.88. The largest absolute Gasteiger partial charge is 0.379 e. The number of aliphatic hydroxyl groups is 1. The zero-order chi connectivity index (χ0) is 23.3. The number of carbonyl (C=O) groups excluding carboxylic acids is 3. The highest BCUT2D eigenvalue weighted by molar-refractivity contribution is 6.02. The van der Waals surface area contributed by atoms with E-state index < -0.39 is 40.8 Å². The molecule has 5 unspecified atom stereocenters. The lowest BCUT2D eigenvalue weighted by atomic mass is 9.75. The summed E-state index contributed by atoms with van der Waals surface area (Å²) in [6.45, 7) is 3.73. The van der Waals surface area contributed by atoms with Crippen molar-refractivity contribution in [3.8, 4) is 0 Å². The van der Waals surface area contributed by atoms with E-state index in [9.17, 15) is 28.3 Å². The molecule has 0 spiro atoms. The van der Waals surface area contributed by atoms with E-state index >= 15 is 0 Å². The zero-order valence-corrected chi connectivity index (χ0v) is 18.2. The predicted octanol–water partition coefficient (Wildman–Crippen LogP) is 1.45. The molecule has 174 valence electrons. The molecule has 2 aliphatic carbocycles. The minimum atomic E-state index is -3.34. The van der Waals surface area contributed by atoms with E-state index in [1.165, 1.54) is 17.9 Å². The average molecular weight is 449 g/mol. The first-order valence-electron chi connectivity index (χ1n) is 11.0. The Balaban J connectivity index is 1.43. The lowest BCUT2D eigenvalue weighted by Crippen LogP contribution is -2.57. The van der Waals surface area contributed by atoms with E-state index in [1.807, 2.05) is 13.0 Å². The van der Waals surface area contributed by atoms with Crippen LogP contribution in [0.5, 0.6) is 0 Å². The van der Waals surface area contributed by atoms with Crippen LogP contribution in [0.4, 0.5) is 8.78 Å². The monoisotopic (exact) mass is 449 g/mol. The zero-order valence-electron chi connectivity index (χ0n) is 18.2. The summed E-state index contributed by atoms with van der Waals surface area (Å²) in [6, 6.07) is -1.94. The van der Waals surface area contributed by atoms with Crippen molar-refractivity contribution < 1.29 is 28.3 Å². The quantitative estimate of drug-likeness (QED) is 0.421. The third-order valence-electron chi connectivity index (χ3n) is 7.19. The Morgan fingerprint density at radius 1 is 1.38 bits per heavy atom. The number of alkyl halides is 2. The van der Waals surface area contributed by atoms with Crippen LogP contribution < -0.4 is 10.6 Å². The average Bonchev–Trinajstić information content (AvgIpc) is 3.28. The minimum absolute atomic E-state index is 0.00728. The molecule has 2 aliphatic heterocycles. The Bertz CT molecular complexity index is 930. The van der Waals surface area contributed by atoms with Crippen LogP contribution in [-0.4, -0.2) is 64.4 Å². The molecule has 4 aliphatic rings. The molecule has 2 fully saturated rings. The first kappa shape index (κ1) is 22.8. The molecular weight excluding hydrogens is 420 g/mol. The van der Waals surface area contributed by atoms with Crippen LogP contribution in [-0.2, 0) is 14.4 Å². The number of hydrogen-bond acceptors (Lipinski definition) is 5. The molecule has 9 heteroatoms. The molecule has 0 aromatic carbocycles. The number of fused-ring (bicyclic) bond motifs is 1. The maximum atomic E-state index is 14.8. The number of carbonyl (C=O) groups is 3. The molecule has 5 atom stereocenters. The molecule has 4 rings (SSSR count). The van der Waals surface area contributed by atoms with Gasteiger partial charge in [0, 0.05) is 24.9 Å². The minimum Gasteiger partial charge on any atom is -0.379 e. The molecule has 0 radical (unpaired) electrons. The second-order valence-electron chi connectivity index (χ2n) is 9.59. The SMILES string of the molecule is CC(NCC1=CC2(C)CN(C3CCC(=O)NC3=O)C(=O)C2C=C1)C(F)(F)C1(O)C=CCC1. The van der Waals surface area contributed by atoms with Gasteiger partial charge in [-0.2, -0.15) is 0 Å². The summed E-state index contributed by atoms with van der Waals surface area (Å²) < 4.78 is 29.6. The summed E-state index contributed by atoms with van der Waals surface area (Å²) in [5, 5.41) is 15.4. The fourth-order valence-electron chi connectivity index (χ4n) is 5.20. The predicted molar refractivity (Wildman–Crippen MR) is 112 cm³/mol. The van der Waals surface area contributed by atoms with Crippen LogP contribution >= 0.6 is 0 Å². The first-order valence-corrected chi connectivity index (χ1v) is 11.0. The third kappa shape index (κ3) is 3.71. The van der Waals surface area contributed by atoms with Gasteiger partial charge in [0.2, 0.25) is 17.7 Å². The standard InChI is InChI=1S/C23H29F2N3O4/c1-14(23(24,25)22(32)9-3-4-10-22)26-12-15-5-6-16-20(31)28(13-21(16,2)11-15)17-7-8-18(29)27-19(17)30/h3,5-6,9,11,14,16-17,26,32H,4,7-8,10,12-13H2,1-2H3,(H,27,29,30). The summed E-state index contributed by atoms with van der Waals surface area (Å²) in [5.41, 5.74) is -1.96. The van der Waals surface area contributed by atoms with Gasteiger partial charge >= 0.3 is 0 Å². The molecule has 32 heavy (non-hydrogen) atoms. The Morgan fingerprint density at radius 2 is 2.12 bits per heavy atom. The number of imide groups is 1. The Kier molecular flexibility index (Phi) is 5.61. The molecule has 0 aromatic heterocycles. The number of hydrogen-bond donors (Lipinski definition) is 3. The molecule has 2 heterocycles. The highest BCUT2D eigenvalue weighted by Gasteiger charge is 2.55. The van der Waals surface area contributed by atoms with E-state index in [1.54, 1.807) is 18.2 Å². The Hall–Kier alpha value is -2.39. The fraction of sp³-hybridized carbons (Fsp3) is 0.609. The van der Waals surface area contributed by atoms with E-state index in [2.05, 4.69) is 10.6 Å². The highest BCUT2D eigenvalue weighted by Crippen LogP contribution is 2.44. The van der Waals surface area contributed by atoms with Gasteiger partial charge in [-0.3, -0.25) is 19.7 Å². The van der Waals surface area contributed by atoms with Crippen LogP contribution in [0.15, 0.2) is 36.0 Å². The van der Waals surface area contributed by atoms with Gasteiger partial charge in [0.1, 0.15) is 11.6 Å². The number of allylic oxidation sites excluding steroid dienone is 1. The molecular formula is C23H29F2N3O4. The molecule has 0 bridgehead atoms. The van der Waals surface area contributed by atoms with Crippen molar-refractivity contribution in [1.82, 2.24) is 15.5 Å². The number of nitrogens with zero attached hydrogens (tertiary/aromatic N) is 1. The molecule has 7 nitrogen and oxygen atoms in total. The number of likely N-dealkylation sites (tertiary alicyclic amines) is 1. The van der Waals surface area contributed by atoms with Gasteiger partial charge in [0.15, 0.2) is 0 Å². The van der Waals surface area contributed by atoms with E-state index in [-0.39, 0.29) is 31.2 Å². The van der Waals surface area contributed by atoms with Gasteiger partial charge < -0.3 is 15.3 Å². The lowest BCUT2D eigenvalue weighted by molar-refractivity contribution is -0.169. The van der Waals surface area contributed by atoms with Crippen molar-refractivity contribution in [3.63, 3.8) is 0 Å². The third-order valence-corrected chi connectivity index (χ3v) is 7.19. The van der Waals surface area contributed by atoms with Crippen LogP contribution in [0.3, 0.4) is 0 Å². The first-order chi connectivity index (χ1) is 15.0. The van der Waals surface area contributed by atoms with Crippen molar-refractivity contribution in [2.75, 3.05) is 13.1 Å². The van der Waals surface area contributed by atoms with Gasteiger partial charge in [0.25, 0.3) is 5.92 Å². The summed E-state index contributed by atoms with van der Waals surface area (Å²) >= 11 is 0. The highest BCUT2D eigenvalue weighted by atomic mass is 19.3. The van der Waals surface area contributed by atoms with Crippen molar-refractivity contribution in [3.05, 3.63) is 36.0 Å². The summed E-state index contributed by atoms with van der Waals surface area (Å²) in [7, 11) is 0. The van der Waals surface area contributed by atoms with Crippen molar-refractivity contribution >= 4 is 17.7 Å². The van der Waals surface area contributed by atoms with Gasteiger partial charge in [-0.25, -0.2) is 8.78 Å².